The van der Waals surface area contributed by atoms with E-state index < -0.39 is 13.3 Å². The number of hydrogen-bond acceptors (Lipinski definition) is 2. The quantitative estimate of drug-likeness (QED) is 0.236. The van der Waals surface area contributed by atoms with E-state index in [1.165, 1.54) is 5.45 Å². The molecule has 4 aromatic carbocycles. The van der Waals surface area contributed by atoms with E-state index in [1.807, 2.05) is 0 Å². The van der Waals surface area contributed by atoms with Crippen molar-refractivity contribution in [2.75, 3.05) is 6.16 Å². The second-order valence-electron chi connectivity index (χ2n) is 15.0. The van der Waals surface area contributed by atoms with Crippen LogP contribution in [0.4, 0.5) is 5.69 Å². The maximum absolute atomic E-state index is 12.1. The highest BCUT2D eigenvalue weighted by Crippen LogP contribution is 2.68. The van der Waals surface area contributed by atoms with Gasteiger partial charge >= 0.3 is 0 Å². The molecular formula is C40H48NOP. The molecule has 0 bridgehead atoms. The van der Waals surface area contributed by atoms with Gasteiger partial charge in [-0.3, -0.25) is 4.99 Å². The van der Waals surface area contributed by atoms with Gasteiger partial charge in [-0.25, -0.2) is 0 Å². The molecule has 1 heterocycles. The molecule has 4 aromatic rings. The van der Waals surface area contributed by atoms with Gasteiger partial charge in [0.2, 0.25) is 0 Å². The van der Waals surface area contributed by atoms with Gasteiger partial charge in [0.15, 0.2) is 0 Å². The molecule has 1 aliphatic heterocycles. The Balaban J connectivity index is 1.91. The van der Waals surface area contributed by atoms with Crippen molar-refractivity contribution in [3.05, 3.63) is 108 Å². The zero-order chi connectivity index (χ0) is 31.2. The first-order valence-corrected chi connectivity index (χ1v) is 17.1. The molecule has 2 atom stereocenters. The molecule has 2 nitrogen and oxygen atoms in total. The lowest BCUT2D eigenvalue weighted by atomic mass is 9.61. The van der Waals surface area contributed by atoms with Gasteiger partial charge in [0, 0.05) is 22.1 Å². The van der Waals surface area contributed by atoms with Crippen molar-refractivity contribution in [3.63, 3.8) is 0 Å². The molecule has 0 aromatic heterocycles. The molecular weight excluding hydrogens is 541 g/mol. The Labute approximate surface area is 261 Å². The molecule has 1 N–H and O–H groups in total. The summed E-state index contributed by atoms with van der Waals surface area (Å²) >= 11 is 0. The molecule has 1 saturated heterocycles. The zero-order valence-corrected chi connectivity index (χ0v) is 28.4. The van der Waals surface area contributed by atoms with Crippen molar-refractivity contribution in [3.8, 4) is 28.0 Å². The van der Waals surface area contributed by atoms with Crippen LogP contribution >= 0.6 is 7.92 Å². The highest BCUT2D eigenvalue weighted by molar-refractivity contribution is 7.77. The first-order valence-electron chi connectivity index (χ1n) is 15.6. The predicted octanol–water partition coefficient (Wildman–Crippen LogP) is 11.7. The summed E-state index contributed by atoms with van der Waals surface area (Å²) in [6.45, 7) is 20.7. The molecule has 0 aliphatic carbocycles. The number of aromatic hydroxyl groups is 1. The second kappa shape index (κ2) is 11.4. The van der Waals surface area contributed by atoms with Crippen LogP contribution < -0.4 is 0 Å². The Kier molecular flexibility index (Phi) is 8.25. The third-order valence-corrected chi connectivity index (χ3v) is 12.4. The Hall–Kier alpha value is -3.22. The molecule has 43 heavy (non-hydrogen) atoms. The third-order valence-electron chi connectivity index (χ3n) is 9.17. The van der Waals surface area contributed by atoms with Gasteiger partial charge in [-0.2, -0.15) is 0 Å². The summed E-state index contributed by atoms with van der Waals surface area (Å²) in [5, 5.41) is 12.2. The number of para-hydroxylation sites is 2. The van der Waals surface area contributed by atoms with Crippen molar-refractivity contribution in [2.24, 2.45) is 10.4 Å². The van der Waals surface area contributed by atoms with E-state index >= 15 is 0 Å². The lowest BCUT2D eigenvalue weighted by Crippen LogP contribution is -2.44. The van der Waals surface area contributed by atoms with E-state index in [0.29, 0.717) is 5.75 Å². The molecule has 224 valence electrons. The molecule has 0 spiro atoms. The predicted molar refractivity (Wildman–Crippen MR) is 189 cm³/mol. The van der Waals surface area contributed by atoms with Gasteiger partial charge in [-0.15, -0.1) is 0 Å². The van der Waals surface area contributed by atoms with Crippen LogP contribution in [-0.4, -0.2) is 21.9 Å². The Morgan fingerprint density at radius 3 is 1.63 bits per heavy atom. The average Bonchev–Trinajstić information content (AvgIpc) is 3.34. The van der Waals surface area contributed by atoms with Gasteiger partial charge in [0.05, 0.1) is 11.1 Å². The summed E-state index contributed by atoms with van der Waals surface area (Å²) < 4.78 is 0. The maximum atomic E-state index is 12.1. The van der Waals surface area contributed by atoms with Gasteiger partial charge < -0.3 is 5.11 Å². The summed E-state index contributed by atoms with van der Waals surface area (Å²) in [4.78, 5) is 5.92. The molecule has 2 unspecified atom stereocenters. The summed E-state index contributed by atoms with van der Waals surface area (Å²) in [5.74, 6) is 0.433. The lowest BCUT2D eigenvalue weighted by molar-refractivity contribution is 0.252. The highest BCUT2D eigenvalue weighted by atomic mass is 31.1. The minimum Gasteiger partial charge on any atom is -0.507 e. The van der Waals surface area contributed by atoms with Crippen molar-refractivity contribution >= 4 is 19.1 Å². The van der Waals surface area contributed by atoms with Crippen LogP contribution in [0.15, 0.2) is 102 Å². The zero-order valence-electron chi connectivity index (χ0n) is 27.5. The number of phenols is 1. The summed E-state index contributed by atoms with van der Waals surface area (Å²) in [6.07, 6.45) is 2.05. The van der Waals surface area contributed by atoms with Crippen LogP contribution in [-0.2, 0) is 10.8 Å². The van der Waals surface area contributed by atoms with Gasteiger partial charge in [0.25, 0.3) is 0 Å². The molecule has 1 fully saturated rings. The van der Waals surface area contributed by atoms with Crippen molar-refractivity contribution in [1.29, 1.82) is 0 Å². The van der Waals surface area contributed by atoms with Crippen LogP contribution in [0.5, 0.6) is 5.75 Å². The smallest absolute Gasteiger partial charge is 0.123 e. The van der Waals surface area contributed by atoms with Crippen LogP contribution in [0.25, 0.3) is 22.3 Å². The largest absolute Gasteiger partial charge is 0.507 e. The van der Waals surface area contributed by atoms with Gasteiger partial charge in [-0.05, 0) is 45.3 Å². The Bertz CT molecular complexity index is 1560. The Morgan fingerprint density at radius 1 is 0.651 bits per heavy atom. The van der Waals surface area contributed by atoms with Crippen molar-refractivity contribution < 1.29 is 5.11 Å². The first kappa shape index (κ1) is 31.2. The van der Waals surface area contributed by atoms with E-state index in [9.17, 15) is 5.11 Å². The maximum Gasteiger partial charge on any atom is 0.123 e. The van der Waals surface area contributed by atoms with Crippen molar-refractivity contribution in [2.45, 2.75) is 84.7 Å². The molecule has 5 rings (SSSR count). The van der Waals surface area contributed by atoms with Crippen molar-refractivity contribution in [1.82, 2.24) is 0 Å². The summed E-state index contributed by atoms with van der Waals surface area (Å²) in [5.41, 5.74) is 8.12. The van der Waals surface area contributed by atoms with Crippen LogP contribution in [0.1, 0.15) is 79.9 Å². The minimum atomic E-state index is -0.623. The van der Waals surface area contributed by atoms with E-state index in [4.69, 9.17) is 4.99 Å². The molecule has 3 heteroatoms. The lowest BCUT2D eigenvalue weighted by Gasteiger charge is -2.45. The number of nitrogens with zero attached hydrogens (tertiary/aromatic N) is 1. The number of phenolic OH excluding ortho intramolecular Hbond substituents is 1. The fourth-order valence-electron chi connectivity index (χ4n) is 6.87. The molecule has 1 aliphatic rings. The fourth-order valence-corrected chi connectivity index (χ4v) is 10.2. The molecule has 0 amide bonds. The average molecular weight is 590 g/mol. The van der Waals surface area contributed by atoms with Crippen LogP contribution in [0, 0.1) is 5.41 Å². The van der Waals surface area contributed by atoms with E-state index in [1.54, 1.807) is 0 Å². The van der Waals surface area contributed by atoms with Crippen LogP contribution in [0.2, 0.25) is 0 Å². The van der Waals surface area contributed by atoms with Crippen LogP contribution in [0.3, 0.4) is 0 Å². The highest BCUT2D eigenvalue weighted by Gasteiger charge is 2.57. The minimum absolute atomic E-state index is 0.0625. The fraction of sp³-hybridized carbons (Fsp3) is 0.375. The monoisotopic (exact) mass is 589 g/mol. The topological polar surface area (TPSA) is 32.6 Å². The third kappa shape index (κ3) is 5.72. The number of rotatable bonds is 4. The standard InChI is InChI=1S/C40H48NOP/c1-37(2,3)32-24-17-25-33(35(32)42)40(38(4,5)6)26-27-43(39(7,8)9)36(40)41-34-30(28-18-12-10-13-19-28)22-16-23-31(34)29-20-14-11-15-21-29/h10-25,42H,26-27H2,1-9H3. The van der Waals surface area contributed by atoms with Gasteiger partial charge in [-0.1, -0.05) is 167 Å². The Morgan fingerprint density at radius 2 is 1.16 bits per heavy atom. The number of hydrogen-bond donors (Lipinski definition) is 1. The normalized spacial score (nSPS) is 20.5. The number of benzene rings is 4. The molecule has 0 radical (unpaired) electrons. The molecule has 0 saturated carbocycles. The van der Waals surface area contributed by atoms with E-state index in [2.05, 4.69) is 159 Å². The summed E-state index contributed by atoms with van der Waals surface area (Å²) in [6, 6.07) is 34.3. The number of aliphatic imine (C=N–C) groups is 1. The second-order valence-corrected chi connectivity index (χ2v) is 18.1. The van der Waals surface area contributed by atoms with E-state index in [0.717, 1.165) is 51.7 Å². The first-order chi connectivity index (χ1) is 20.2. The van der Waals surface area contributed by atoms with Gasteiger partial charge in [0.1, 0.15) is 5.75 Å². The van der Waals surface area contributed by atoms with E-state index in [-0.39, 0.29) is 16.0 Å². The SMILES string of the molecule is CC(C)(C)c1cccc(C2(C(C)(C)C)CCP(C(C)(C)C)C2=Nc2c(-c3ccccc3)cccc2-c2ccccc2)c1O. The summed E-state index contributed by atoms with van der Waals surface area (Å²) in [7, 11) is -0.623.